The monoisotopic (exact) mass is 820 g/mol. The smallest absolute Gasteiger partial charge is 0.171 e. The SMILES string of the molecule is O=P(c1ccccc1)(c1ccccc1)c1cc(-c2nc3ccccc3c3cc4c(cc23)C2(c3ccccc3-c3ccccc32)c2ccccc2-4)cc(-c2cccc3cccnc23)c1. The molecule has 2 aliphatic carbocycles. The number of pyridine rings is 2. The number of benzene rings is 9. The van der Waals surface area contributed by atoms with Crippen LogP contribution >= 0.6 is 7.14 Å². The average Bonchev–Trinajstić information content (AvgIpc) is 3.82. The first-order chi connectivity index (χ1) is 31.1. The van der Waals surface area contributed by atoms with E-state index in [1.54, 1.807) is 0 Å². The summed E-state index contributed by atoms with van der Waals surface area (Å²) in [5.74, 6) is 0. The molecule has 0 radical (unpaired) electrons. The van der Waals surface area contributed by atoms with Crippen LogP contribution in [0.3, 0.4) is 0 Å². The van der Waals surface area contributed by atoms with Crippen LogP contribution in [0.1, 0.15) is 22.3 Å². The van der Waals surface area contributed by atoms with Crippen molar-refractivity contribution in [3.63, 3.8) is 0 Å². The van der Waals surface area contributed by atoms with Gasteiger partial charge in [-0.3, -0.25) is 4.98 Å². The Morgan fingerprint density at radius 2 is 0.937 bits per heavy atom. The van der Waals surface area contributed by atoms with Gasteiger partial charge in [0, 0.05) is 49.4 Å². The summed E-state index contributed by atoms with van der Waals surface area (Å²) >= 11 is 0. The molecule has 294 valence electrons. The highest BCUT2D eigenvalue weighted by atomic mass is 31.2. The van der Waals surface area contributed by atoms with Crippen molar-refractivity contribution in [3.05, 3.63) is 247 Å². The number of hydrogen-bond acceptors (Lipinski definition) is 3. The summed E-state index contributed by atoms with van der Waals surface area (Å²) in [6.07, 6.45) is 1.85. The van der Waals surface area contributed by atoms with Gasteiger partial charge in [-0.05, 0) is 97.9 Å². The standard InChI is InChI=1S/C59H37N2OP/c62-63(41-19-3-1-4-20-41,42-21-5-2-6-22-42)43-34-39(44-27-15-17-38-18-16-32-60-57(38)44)33-40(35-43)58-51-37-55-50(36-49(51)48-26-10-14-31-56(48)61-58)47-25-9-13-30-54(47)59(55)52-28-11-7-23-45(52)46-24-8-12-29-53(46)59/h1-37H. The average molecular weight is 821 g/mol. The number of rotatable bonds is 5. The number of aromatic nitrogens is 2. The van der Waals surface area contributed by atoms with Crippen LogP contribution in [0.2, 0.25) is 0 Å². The third kappa shape index (κ3) is 5.06. The molecule has 0 fully saturated rings. The van der Waals surface area contributed by atoms with Gasteiger partial charge in [0.2, 0.25) is 0 Å². The van der Waals surface area contributed by atoms with Crippen LogP contribution in [0.5, 0.6) is 0 Å². The van der Waals surface area contributed by atoms with Crippen LogP contribution in [-0.4, -0.2) is 9.97 Å². The van der Waals surface area contributed by atoms with Crippen molar-refractivity contribution in [2.45, 2.75) is 5.41 Å². The van der Waals surface area contributed by atoms with Crippen molar-refractivity contribution >= 4 is 55.6 Å². The second-order valence-corrected chi connectivity index (χ2v) is 19.5. The predicted octanol–water partition coefficient (Wildman–Crippen LogP) is 13.3. The van der Waals surface area contributed by atoms with Gasteiger partial charge >= 0.3 is 0 Å². The molecule has 0 unspecified atom stereocenters. The number of fused-ring (bicyclic) bond motifs is 14. The van der Waals surface area contributed by atoms with Gasteiger partial charge in [-0.1, -0.05) is 176 Å². The molecule has 2 heterocycles. The van der Waals surface area contributed by atoms with Gasteiger partial charge in [0.15, 0.2) is 7.14 Å². The molecule has 0 saturated heterocycles. The largest absolute Gasteiger partial charge is 0.309 e. The molecule has 9 aromatic carbocycles. The number of nitrogens with zero attached hydrogens (tertiary/aromatic N) is 2. The van der Waals surface area contributed by atoms with Crippen LogP contribution in [0.15, 0.2) is 225 Å². The minimum absolute atomic E-state index is 0.520. The normalized spacial score (nSPS) is 13.3. The lowest BCUT2D eigenvalue weighted by Gasteiger charge is -2.30. The Morgan fingerprint density at radius 1 is 0.381 bits per heavy atom. The van der Waals surface area contributed by atoms with E-state index in [-0.39, 0.29) is 0 Å². The molecule has 63 heavy (non-hydrogen) atoms. The van der Waals surface area contributed by atoms with Crippen LogP contribution in [-0.2, 0) is 9.98 Å². The van der Waals surface area contributed by atoms with Crippen LogP contribution < -0.4 is 15.9 Å². The van der Waals surface area contributed by atoms with Crippen molar-refractivity contribution < 1.29 is 4.57 Å². The molecule has 4 heteroatoms. The molecule has 0 amide bonds. The molecule has 11 aromatic rings. The van der Waals surface area contributed by atoms with Gasteiger partial charge in [0.1, 0.15) is 0 Å². The minimum Gasteiger partial charge on any atom is -0.309 e. The molecule has 2 aliphatic rings. The predicted molar refractivity (Wildman–Crippen MR) is 261 cm³/mol. The lowest BCUT2D eigenvalue weighted by Crippen LogP contribution is -2.26. The molecule has 0 N–H and O–H groups in total. The van der Waals surface area contributed by atoms with Gasteiger partial charge in [0.25, 0.3) is 0 Å². The highest BCUT2D eigenvalue weighted by molar-refractivity contribution is 7.85. The van der Waals surface area contributed by atoms with Gasteiger partial charge in [-0.25, -0.2) is 4.98 Å². The molecule has 0 atom stereocenters. The Balaban J connectivity index is 1.17. The van der Waals surface area contributed by atoms with Gasteiger partial charge in [-0.2, -0.15) is 0 Å². The van der Waals surface area contributed by atoms with Crippen LogP contribution in [0, 0.1) is 0 Å². The molecule has 13 rings (SSSR count). The zero-order valence-corrected chi connectivity index (χ0v) is 35.0. The topological polar surface area (TPSA) is 42.9 Å². The highest BCUT2D eigenvalue weighted by Crippen LogP contribution is 2.63. The molecular formula is C59H37N2OP. The van der Waals surface area contributed by atoms with Crippen molar-refractivity contribution in [3.8, 4) is 44.6 Å². The van der Waals surface area contributed by atoms with E-state index in [0.29, 0.717) is 0 Å². The first-order valence-electron chi connectivity index (χ1n) is 21.5. The number of para-hydroxylation sites is 2. The Labute approximate surface area is 365 Å². The van der Waals surface area contributed by atoms with E-state index in [4.69, 9.17) is 9.97 Å². The van der Waals surface area contributed by atoms with E-state index < -0.39 is 12.6 Å². The van der Waals surface area contributed by atoms with Gasteiger partial charge in [-0.15, -0.1) is 0 Å². The highest BCUT2D eigenvalue weighted by Gasteiger charge is 2.51. The third-order valence-electron chi connectivity index (χ3n) is 13.6. The maximum absolute atomic E-state index is 16.4. The van der Waals surface area contributed by atoms with Crippen LogP contribution in [0.25, 0.3) is 77.2 Å². The Bertz CT molecular complexity index is 3630. The fraction of sp³-hybridized carbons (Fsp3) is 0.0169. The van der Waals surface area contributed by atoms with Gasteiger partial charge in [0.05, 0.1) is 22.1 Å². The second-order valence-electron chi connectivity index (χ2n) is 16.7. The molecular weight excluding hydrogens is 784 g/mol. The molecule has 0 saturated carbocycles. The van der Waals surface area contributed by atoms with Crippen molar-refractivity contribution in [1.29, 1.82) is 0 Å². The summed E-state index contributed by atoms with van der Waals surface area (Å²) in [7, 11) is -3.44. The molecule has 3 nitrogen and oxygen atoms in total. The summed E-state index contributed by atoms with van der Waals surface area (Å²) in [5, 5.41) is 6.63. The Morgan fingerprint density at radius 3 is 1.62 bits per heavy atom. The summed E-state index contributed by atoms with van der Waals surface area (Å²) in [6.45, 7) is 0. The van der Waals surface area contributed by atoms with E-state index >= 15 is 4.57 Å². The maximum atomic E-state index is 16.4. The minimum atomic E-state index is -3.44. The summed E-state index contributed by atoms with van der Waals surface area (Å²) in [6, 6.07) is 77.0. The molecule has 0 aliphatic heterocycles. The number of hydrogen-bond donors (Lipinski definition) is 0. The van der Waals surface area contributed by atoms with E-state index in [1.165, 1.54) is 44.5 Å². The first-order valence-corrected chi connectivity index (χ1v) is 23.2. The quantitative estimate of drug-likeness (QED) is 0.128. The van der Waals surface area contributed by atoms with E-state index in [1.807, 2.05) is 72.9 Å². The van der Waals surface area contributed by atoms with Crippen molar-refractivity contribution in [2.75, 3.05) is 0 Å². The second kappa shape index (κ2) is 13.6. The summed E-state index contributed by atoms with van der Waals surface area (Å²) in [4.78, 5) is 10.5. The first kappa shape index (κ1) is 36.0. The van der Waals surface area contributed by atoms with E-state index in [9.17, 15) is 0 Å². The lowest BCUT2D eigenvalue weighted by atomic mass is 9.70. The van der Waals surface area contributed by atoms with E-state index in [0.717, 1.165) is 70.9 Å². The van der Waals surface area contributed by atoms with Crippen molar-refractivity contribution in [2.24, 2.45) is 0 Å². The zero-order chi connectivity index (χ0) is 41.7. The Kier molecular flexibility index (Phi) is 7.80. The fourth-order valence-electron chi connectivity index (χ4n) is 10.9. The lowest BCUT2D eigenvalue weighted by molar-refractivity contribution is 0.592. The fourth-order valence-corrected chi connectivity index (χ4v) is 13.6. The molecule has 2 aromatic heterocycles. The summed E-state index contributed by atoms with van der Waals surface area (Å²) < 4.78 is 16.4. The third-order valence-corrected chi connectivity index (χ3v) is 16.6. The zero-order valence-electron chi connectivity index (χ0n) is 34.1. The summed E-state index contributed by atoms with van der Waals surface area (Å²) in [5.41, 5.74) is 15.1. The van der Waals surface area contributed by atoms with Gasteiger partial charge < -0.3 is 4.57 Å². The van der Waals surface area contributed by atoms with Crippen molar-refractivity contribution in [1.82, 2.24) is 9.97 Å². The molecule has 1 spiro atoms. The van der Waals surface area contributed by atoms with E-state index in [2.05, 4.69) is 152 Å². The molecule has 0 bridgehead atoms. The Hall–Kier alpha value is -7.71. The maximum Gasteiger partial charge on any atom is 0.171 e. The van der Waals surface area contributed by atoms with Crippen LogP contribution in [0.4, 0.5) is 0 Å².